The molecule has 0 aromatic rings. The highest BCUT2D eigenvalue weighted by molar-refractivity contribution is 5.85. The molecule has 0 radical (unpaired) electrons. The van der Waals surface area contributed by atoms with Gasteiger partial charge in [-0.25, -0.2) is 0 Å². The molecule has 0 unspecified atom stereocenters. The fourth-order valence-electron chi connectivity index (χ4n) is 5.12. The van der Waals surface area contributed by atoms with Crippen molar-refractivity contribution in [1.82, 2.24) is 4.90 Å². The van der Waals surface area contributed by atoms with Crippen LogP contribution in [0.25, 0.3) is 0 Å². The Bertz CT molecular complexity index is 452. The number of esters is 1. The number of piperidine rings is 1. The standard InChI is InChI=1S/C16H25NO4/c1-4-17-12-6-5-11-14(12)13(20-3)7-8-16(11,15(17)19)9-21-10(2)18/h11-14H,4-9H2,1-3H3/t11-,12+,13-,14-,16-/m0/s1. The molecule has 0 aromatic carbocycles. The molecule has 0 spiro atoms. The highest BCUT2D eigenvalue weighted by atomic mass is 16.5. The van der Waals surface area contributed by atoms with Crippen molar-refractivity contribution in [3.8, 4) is 0 Å². The normalized spacial score (nSPS) is 41.3. The third-order valence-electron chi connectivity index (χ3n) is 5.96. The molecule has 1 heterocycles. The van der Waals surface area contributed by atoms with E-state index in [0.29, 0.717) is 17.9 Å². The van der Waals surface area contributed by atoms with Gasteiger partial charge in [0, 0.05) is 32.5 Å². The molecule has 5 atom stereocenters. The minimum atomic E-state index is -0.506. The molecule has 2 aliphatic carbocycles. The van der Waals surface area contributed by atoms with E-state index in [1.165, 1.54) is 6.92 Å². The summed E-state index contributed by atoms with van der Waals surface area (Å²) < 4.78 is 11.0. The van der Waals surface area contributed by atoms with Crippen LogP contribution in [0.1, 0.15) is 39.5 Å². The summed E-state index contributed by atoms with van der Waals surface area (Å²) >= 11 is 0. The molecule has 5 heteroatoms. The van der Waals surface area contributed by atoms with Crippen LogP contribution in [-0.2, 0) is 19.1 Å². The highest BCUT2D eigenvalue weighted by Gasteiger charge is 2.65. The molecular formula is C16H25NO4. The Morgan fingerprint density at radius 3 is 2.76 bits per heavy atom. The molecule has 2 saturated carbocycles. The van der Waals surface area contributed by atoms with Gasteiger partial charge in [-0.05, 0) is 38.5 Å². The van der Waals surface area contributed by atoms with Crippen molar-refractivity contribution >= 4 is 11.9 Å². The molecule has 1 amide bonds. The SMILES string of the molecule is CCN1C(=O)[C@]2(COC(C)=O)CC[C@H](OC)[C@@H]3[C@H]1CC[C@@H]32. The minimum absolute atomic E-state index is 0.199. The fraction of sp³-hybridized carbons (Fsp3) is 0.875. The number of amides is 1. The zero-order valence-corrected chi connectivity index (χ0v) is 13.1. The number of carbonyl (C=O) groups is 2. The summed E-state index contributed by atoms with van der Waals surface area (Å²) in [7, 11) is 1.77. The predicted molar refractivity (Wildman–Crippen MR) is 76.5 cm³/mol. The van der Waals surface area contributed by atoms with Crippen LogP contribution >= 0.6 is 0 Å². The van der Waals surface area contributed by atoms with Crippen LogP contribution in [0, 0.1) is 17.3 Å². The summed E-state index contributed by atoms with van der Waals surface area (Å²) in [4.78, 5) is 26.3. The predicted octanol–water partition coefficient (Wildman–Crippen LogP) is 1.60. The summed E-state index contributed by atoms with van der Waals surface area (Å²) in [6.45, 7) is 4.41. The average molecular weight is 295 g/mol. The van der Waals surface area contributed by atoms with Crippen molar-refractivity contribution in [3.05, 3.63) is 0 Å². The summed E-state index contributed by atoms with van der Waals surface area (Å²) in [5.41, 5.74) is -0.506. The van der Waals surface area contributed by atoms with E-state index < -0.39 is 5.41 Å². The first-order valence-electron chi connectivity index (χ1n) is 8.02. The van der Waals surface area contributed by atoms with Gasteiger partial charge >= 0.3 is 5.97 Å². The molecule has 21 heavy (non-hydrogen) atoms. The van der Waals surface area contributed by atoms with Crippen LogP contribution in [0.5, 0.6) is 0 Å². The number of hydrogen-bond donors (Lipinski definition) is 0. The number of methoxy groups -OCH3 is 1. The van der Waals surface area contributed by atoms with E-state index in [1.54, 1.807) is 7.11 Å². The van der Waals surface area contributed by atoms with Crippen LogP contribution < -0.4 is 0 Å². The van der Waals surface area contributed by atoms with Gasteiger partial charge in [-0.3, -0.25) is 9.59 Å². The maximum Gasteiger partial charge on any atom is 0.302 e. The van der Waals surface area contributed by atoms with Crippen molar-refractivity contribution in [2.45, 2.75) is 51.7 Å². The van der Waals surface area contributed by atoms with Gasteiger partial charge in [0.1, 0.15) is 6.61 Å². The molecule has 3 fully saturated rings. The molecule has 0 N–H and O–H groups in total. The summed E-state index contributed by atoms with van der Waals surface area (Å²) in [6, 6.07) is 0.309. The smallest absolute Gasteiger partial charge is 0.302 e. The van der Waals surface area contributed by atoms with Gasteiger partial charge in [0.25, 0.3) is 0 Å². The van der Waals surface area contributed by atoms with Crippen LogP contribution in [0.4, 0.5) is 0 Å². The number of carbonyl (C=O) groups excluding carboxylic acids is 2. The van der Waals surface area contributed by atoms with Gasteiger partial charge < -0.3 is 14.4 Å². The van der Waals surface area contributed by atoms with Crippen molar-refractivity contribution in [2.75, 3.05) is 20.3 Å². The Labute approximate surface area is 126 Å². The zero-order chi connectivity index (χ0) is 15.2. The monoisotopic (exact) mass is 295 g/mol. The van der Waals surface area contributed by atoms with E-state index in [4.69, 9.17) is 9.47 Å². The van der Waals surface area contributed by atoms with Crippen LogP contribution in [0.2, 0.25) is 0 Å². The highest BCUT2D eigenvalue weighted by Crippen LogP contribution is 2.59. The van der Waals surface area contributed by atoms with E-state index in [2.05, 4.69) is 0 Å². The number of ether oxygens (including phenoxy) is 2. The third kappa shape index (κ3) is 2.00. The van der Waals surface area contributed by atoms with Crippen LogP contribution in [0.15, 0.2) is 0 Å². The van der Waals surface area contributed by atoms with Gasteiger partial charge in [-0.1, -0.05) is 0 Å². The molecule has 1 aliphatic heterocycles. The molecule has 4 bridgehead atoms. The first kappa shape index (κ1) is 14.8. The third-order valence-corrected chi connectivity index (χ3v) is 5.96. The second-order valence-corrected chi connectivity index (χ2v) is 6.67. The van der Waals surface area contributed by atoms with Gasteiger partial charge in [-0.2, -0.15) is 0 Å². The Morgan fingerprint density at radius 1 is 1.38 bits per heavy atom. The largest absolute Gasteiger partial charge is 0.465 e. The number of rotatable bonds is 4. The molecule has 5 nitrogen and oxygen atoms in total. The van der Waals surface area contributed by atoms with Crippen molar-refractivity contribution in [3.63, 3.8) is 0 Å². The molecule has 3 rings (SSSR count). The van der Waals surface area contributed by atoms with Gasteiger partial charge in [0.15, 0.2) is 0 Å². The second-order valence-electron chi connectivity index (χ2n) is 6.67. The van der Waals surface area contributed by atoms with E-state index in [-0.39, 0.29) is 24.6 Å². The lowest BCUT2D eigenvalue weighted by Gasteiger charge is -2.55. The lowest BCUT2D eigenvalue weighted by atomic mass is 9.58. The van der Waals surface area contributed by atoms with E-state index >= 15 is 0 Å². The lowest BCUT2D eigenvalue weighted by Crippen LogP contribution is -2.65. The van der Waals surface area contributed by atoms with Crippen molar-refractivity contribution in [1.29, 1.82) is 0 Å². The van der Waals surface area contributed by atoms with E-state index in [0.717, 1.165) is 32.2 Å². The summed E-state index contributed by atoms with van der Waals surface area (Å²) in [5.74, 6) is 0.600. The van der Waals surface area contributed by atoms with E-state index in [9.17, 15) is 9.59 Å². The Hall–Kier alpha value is -1.10. The van der Waals surface area contributed by atoms with Gasteiger partial charge in [0.2, 0.25) is 5.91 Å². The molecule has 118 valence electrons. The topological polar surface area (TPSA) is 55.8 Å². The molecular weight excluding hydrogens is 270 g/mol. The number of hydrogen-bond acceptors (Lipinski definition) is 4. The Balaban J connectivity index is 1.97. The second kappa shape index (κ2) is 5.27. The first-order valence-corrected chi connectivity index (χ1v) is 8.02. The zero-order valence-electron chi connectivity index (χ0n) is 13.1. The quantitative estimate of drug-likeness (QED) is 0.739. The van der Waals surface area contributed by atoms with Gasteiger partial charge in [-0.15, -0.1) is 0 Å². The van der Waals surface area contributed by atoms with E-state index in [1.807, 2.05) is 11.8 Å². The van der Waals surface area contributed by atoms with Crippen LogP contribution in [-0.4, -0.2) is 49.2 Å². The summed E-state index contributed by atoms with van der Waals surface area (Å²) in [6.07, 6.45) is 3.98. The molecule has 3 aliphatic rings. The molecule has 0 aromatic heterocycles. The Morgan fingerprint density at radius 2 is 2.14 bits per heavy atom. The maximum absolute atomic E-state index is 13.1. The number of likely N-dealkylation sites (tertiary alicyclic amines) is 1. The number of nitrogens with zero attached hydrogens (tertiary/aromatic N) is 1. The maximum atomic E-state index is 13.1. The minimum Gasteiger partial charge on any atom is -0.465 e. The van der Waals surface area contributed by atoms with Crippen LogP contribution in [0.3, 0.4) is 0 Å². The molecule has 1 saturated heterocycles. The fourth-order valence-corrected chi connectivity index (χ4v) is 5.12. The first-order chi connectivity index (χ1) is 10.0. The average Bonchev–Trinajstić information content (AvgIpc) is 2.85. The van der Waals surface area contributed by atoms with Crippen molar-refractivity contribution < 1.29 is 19.1 Å². The Kier molecular flexibility index (Phi) is 3.72. The van der Waals surface area contributed by atoms with Gasteiger partial charge in [0.05, 0.1) is 11.5 Å². The van der Waals surface area contributed by atoms with Crippen molar-refractivity contribution in [2.24, 2.45) is 17.3 Å². The lowest BCUT2D eigenvalue weighted by molar-refractivity contribution is -0.183. The summed E-state index contributed by atoms with van der Waals surface area (Å²) in [5, 5.41) is 0.